The minimum absolute atomic E-state index is 0.00178. The van der Waals surface area contributed by atoms with Crippen LogP contribution in [0.4, 0.5) is 0 Å². The van der Waals surface area contributed by atoms with Gasteiger partial charge in [0.1, 0.15) is 11.5 Å². The van der Waals surface area contributed by atoms with Crippen molar-refractivity contribution in [1.82, 2.24) is 30.7 Å². The fraction of sp³-hybridized carbons (Fsp3) is 0.407. The molecule has 1 aliphatic rings. The molecule has 2 heterocycles. The Morgan fingerprint density at radius 3 is 2.51 bits per heavy atom. The molecule has 0 atom stereocenters. The van der Waals surface area contributed by atoms with Gasteiger partial charge in [-0.15, -0.1) is 10.2 Å². The lowest BCUT2D eigenvalue weighted by molar-refractivity contribution is -0.109. The second-order valence-electron chi connectivity index (χ2n) is 9.66. The molecule has 10 heteroatoms. The fourth-order valence-corrected chi connectivity index (χ4v) is 4.67. The van der Waals surface area contributed by atoms with E-state index in [0.717, 1.165) is 32.4 Å². The van der Waals surface area contributed by atoms with Crippen LogP contribution < -0.4 is 16.0 Å². The van der Waals surface area contributed by atoms with E-state index in [9.17, 15) is 19.8 Å². The Kier molecular flexibility index (Phi) is 8.39. The second-order valence-corrected chi connectivity index (χ2v) is 9.66. The zero-order valence-electron chi connectivity index (χ0n) is 21.2. The standard InChI is InChI=1S/C27H34N6O4/c1-17(2)21-14-22(24(36)15-23(21)35)25-31-32-26(27(37)30-12-11-29-16-34)33(25)20-5-3-18(4-6-20)13-19-7-9-28-10-8-19/h3-6,14-17,19,28,35-36H,7-13H2,1-2H3,(H,29,34)(H,30,37). The molecule has 0 saturated carbocycles. The highest BCUT2D eigenvalue weighted by Crippen LogP contribution is 2.38. The van der Waals surface area contributed by atoms with Gasteiger partial charge in [-0.05, 0) is 73.5 Å². The number of nitrogens with zero attached hydrogens (tertiary/aromatic N) is 3. The van der Waals surface area contributed by atoms with Gasteiger partial charge in [0, 0.05) is 24.8 Å². The number of amides is 2. The van der Waals surface area contributed by atoms with Crippen LogP contribution in [-0.2, 0) is 11.2 Å². The van der Waals surface area contributed by atoms with Crippen molar-refractivity contribution < 1.29 is 19.8 Å². The Labute approximate surface area is 216 Å². The molecule has 10 nitrogen and oxygen atoms in total. The van der Waals surface area contributed by atoms with E-state index < -0.39 is 5.91 Å². The number of piperidine rings is 1. The molecule has 0 bridgehead atoms. The number of phenols is 2. The van der Waals surface area contributed by atoms with Gasteiger partial charge in [-0.1, -0.05) is 26.0 Å². The monoisotopic (exact) mass is 506 g/mol. The van der Waals surface area contributed by atoms with E-state index in [0.29, 0.717) is 29.1 Å². The first kappa shape index (κ1) is 26.2. The van der Waals surface area contributed by atoms with Crippen LogP contribution in [0.5, 0.6) is 11.5 Å². The zero-order valence-corrected chi connectivity index (χ0v) is 21.2. The maximum atomic E-state index is 13.0. The number of carbonyl (C=O) groups excluding carboxylic acids is 2. The molecule has 4 rings (SSSR count). The minimum Gasteiger partial charge on any atom is -0.508 e. The van der Waals surface area contributed by atoms with E-state index in [1.165, 1.54) is 11.6 Å². The van der Waals surface area contributed by atoms with Crippen molar-refractivity contribution in [2.75, 3.05) is 26.2 Å². The highest BCUT2D eigenvalue weighted by molar-refractivity contribution is 5.92. The summed E-state index contributed by atoms with van der Waals surface area (Å²) in [6.45, 7) is 6.46. The molecule has 1 fully saturated rings. The Bertz CT molecular complexity index is 1230. The van der Waals surface area contributed by atoms with Gasteiger partial charge in [0.2, 0.25) is 12.2 Å². The van der Waals surface area contributed by atoms with Gasteiger partial charge >= 0.3 is 0 Å². The van der Waals surface area contributed by atoms with Crippen molar-refractivity contribution in [2.24, 2.45) is 5.92 Å². The molecular weight excluding hydrogens is 472 g/mol. The third kappa shape index (κ3) is 6.08. The SMILES string of the molecule is CC(C)c1cc(-c2nnc(C(=O)NCCNC=O)n2-c2ccc(CC3CCNCC3)cc2)c(O)cc1O. The van der Waals surface area contributed by atoms with Crippen LogP contribution in [0.2, 0.25) is 0 Å². The molecule has 1 aromatic heterocycles. The Hall–Kier alpha value is -3.92. The van der Waals surface area contributed by atoms with Crippen LogP contribution in [0.1, 0.15) is 54.4 Å². The molecule has 0 aliphatic carbocycles. The maximum absolute atomic E-state index is 13.0. The molecule has 1 aliphatic heterocycles. The molecule has 0 radical (unpaired) electrons. The molecular formula is C27H34N6O4. The predicted molar refractivity (Wildman–Crippen MR) is 140 cm³/mol. The molecule has 0 unspecified atom stereocenters. The fourth-order valence-electron chi connectivity index (χ4n) is 4.67. The smallest absolute Gasteiger partial charge is 0.289 e. The lowest BCUT2D eigenvalue weighted by atomic mass is 9.91. The first-order valence-electron chi connectivity index (χ1n) is 12.7. The summed E-state index contributed by atoms with van der Waals surface area (Å²) in [5, 5.41) is 38.1. The topological polar surface area (TPSA) is 141 Å². The van der Waals surface area contributed by atoms with Crippen molar-refractivity contribution in [3.8, 4) is 28.6 Å². The predicted octanol–water partition coefficient (Wildman–Crippen LogP) is 2.49. The quantitative estimate of drug-likeness (QED) is 0.210. The van der Waals surface area contributed by atoms with Crippen molar-refractivity contribution in [3.05, 3.63) is 53.3 Å². The van der Waals surface area contributed by atoms with Gasteiger partial charge in [-0.3, -0.25) is 14.2 Å². The Balaban J connectivity index is 1.72. The van der Waals surface area contributed by atoms with E-state index in [4.69, 9.17) is 0 Å². The van der Waals surface area contributed by atoms with Gasteiger partial charge < -0.3 is 26.2 Å². The van der Waals surface area contributed by atoms with Crippen molar-refractivity contribution >= 4 is 12.3 Å². The molecule has 1 saturated heterocycles. The Morgan fingerprint density at radius 1 is 1.11 bits per heavy atom. The highest BCUT2D eigenvalue weighted by atomic mass is 16.3. The van der Waals surface area contributed by atoms with Gasteiger partial charge in [0.05, 0.1) is 5.56 Å². The minimum atomic E-state index is -0.465. The summed E-state index contributed by atoms with van der Waals surface area (Å²) in [4.78, 5) is 23.5. The highest BCUT2D eigenvalue weighted by Gasteiger charge is 2.24. The number of phenolic OH excluding ortho intramolecular Hbond substituents is 2. The number of aromatic nitrogens is 3. The van der Waals surface area contributed by atoms with Crippen LogP contribution in [0, 0.1) is 5.92 Å². The van der Waals surface area contributed by atoms with Gasteiger partial charge in [0.25, 0.3) is 5.91 Å². The van der Waals surface area contributed by atoms with Gasteiger partial charge in [-0.25, -0.2) is 0 Å². The van der Waals surface area contributed by atoms with E-state index in [1.807, 2.05) is 38.1 Å². The lowest BCUT2D eigenvalue weighted by Crippen LogP contribution is -2.33. The third-order valence-corrected chi connectivity index (χ3v) is 6.69. The van der Waals surface area contributed by atoms with Gasteiger partial charge in [0.15, 0.2) is 5.82 Å². The molecule has 5 N–H and O–H groups in total. The van der Waals surface area contributed by atoms with E-state index in [2.05, 4.69) is 26.1 Å². The van der Waals surface area contributed by atoms with Crippen molar-refractivity contribution in [1.29, 1.82) is 0 Å². The molecule has 196 valence electrons. The first-order chi connectivity index (χ1) is 17.9. The molecule has 0 spiro atoms. The molecule has 3 aromatic rings. The number of carbonyl (C=O) groups is 2. The van der Waals surface area contributed by atoms with Crippen molar-refractivity contribution in [3.63, 3.8) is 0 Å². The van der Waals surface area contributed by atoms with Crippen LogP contribution in [0.15, 0.2) is 36.4 Å². The number of aromatic hydroxyl groups is 2. The Morgan fingerprint density at radius 2 is 1.84 bits per heavy atom. The number of hydrogen-bond acceptors (Lipinski definition) is 7. The average Bonchev–Trinajstić information content (AvgIpc) is 3.32. The maximum Gasteiger partial charge on any atom is 0.289 e. The summed E-state index contributed by atoms with van der Waals surface area (Å²) in [5.74, 6) is 0.325. The summed E-state index contributed by atoms with van der Waals surface area (Å²) >= 11 is 0. The molecule has 2 amide bonds. The van der Waals surface area contributed by atoms with E-state index in [-0.39, 0.29) is 42.2 Å². The third-order valence-electron chi connectivity index (χ3n) is 6.69. The van der Waals surface area contributed by atoms with Gasteiger partial charge in [-0.2, -0.15) is 0 Å². The second kappa shape index (κ2) is 11.9. The lowest BCUT2D eigenvalue weighted by Gasteiger charge is -2.22. The summed E-state index contributed by atoms with van der Waals surface area (Å²) < 4.78 is 1.60. The summed E-state index contributed by atoms with van der Waals surface area (Å²) in [6, 6.07) is 10.9. The number of benzene rings is 2. The first-order valence-corrected chi connectivity index (χ1v) is 12.7. The van der Waals surface area contributed by atoms with Crippen LogP contribution in [0.25, 0.3) is 17.1 Å². The zero-order chi connectivity index (χ0) is 26.4. The summed E-state index contributed by atoms with van der Waals surface area (Å²) in [7, 11) is 0. The van der Waals surface area contributed by atoms with E-state index >= 15 is 0 Å². The van der Waals surface area contributed by atoms with Crippen LogP contribution >= 0.6 is 0 Å². The summed E-state index contributed by atoms with van der Waals surface area (Å²) in [5.41, 5.74) is 2.88. The molecule has 2 aromatic carbocycles. The average molecular weight is 507 g/mol. The van der Waals surface area contributed by atoms with Crippen LogP contribution in [0.3, 0.4) is 0 Å². The van der Waals surface area contributed by atoms with Crippen molar-refractivity contribution in [2.45, 2.75) is 39.0 Å². The van der Waals surface area contributed by atoms with Crippen LogP contribution in [-0.4, -0.2) is 63.5 Å². The largest absolute Gasteiger partial charge is 0.508 e. The number of hydrogen-bond donors (Lipinski definition) is 5. The summed E-state index contributed by atoms with van der Waals surface area (Å²) in [6.07, 6.45) is 3.86. The number of rotatable bonds is 10. The number of nitrogens with one attached hydrogen (secondary N) is 3. The normalized spacial score (nSPS) is 14.0. The van der Waals surface area contributed by atoms with E-state index in [1.54, 1.807) is 10.6 Å². The molecule has 37 heavy (non-hydrogen) atoms.